The molecule has 3 rings (SSSR count). The number of nitrogens with zero attached hydrogens (tertiary/aromatic N) is 3. The summed E-state index contributed by atoms with van der Waals surface area (Å²) in [5.74, 6) is -0.978. The van der Waals surface area contributed by atoms with E-state index < -0.39 is 11.8 Å². The van der Waals surface area contributed by atoms with Gasteiger partial charge in [0.05, 0.1) is 6.54 Å². The number of ether oxygens (including phenoxy) is 1. The number of pyridine rings is 2. The first-order valence-electron chi connectivity index (χ1n) is 7.36. The molecule has 2 aromatic rings. The number of halogens is 1. The fourth-order valence-electron chi connectivity index (χ4n) is 2.58. The second-order valence-corrected chi connectivity index (χ2v) is 5.30. The lowest BCUT2D eigenvalue weighted by Crippen LogP contribution is -2.42. The molecule has 1 aliphatic heterocycles. The fourth-order valence-corrected chi connectivity index (χ4v) is 2.58. The third-order valence-electron chi connectivity index (χ3n) is 3.66. The molecule has 0 aliphatic carbocycles. The quantitative estimate of drug-likeness (QED) is 0.933. The molecular formula is C16H16FN3O3. The fraction of sp³-hybridized carbons (Fsp3) is 0.312. The lowest BCUT2D eigenvalue weighted by atomic mass is 10.1. The maximum absolute atomic E-state index is 13.6. The Balaban J connectivity index is 1.72. The molecule has 120 valence electrons. The predicted octanol–water partition coefficient (Wildman–Crippen LogP) is 2.36. The summed E-state index contributed by atoms with van der Waals surface area (Å²) in [7, 11) is 0. The van der Waals surface area contributed by atoms with Crippen molar-refractivity contribution in [3.63, 3.8) is 0 Å². The molecule has 1 atom stereocenters. The van der Waals surface area contributed by atoms with Crippen LogP contribution in [0.15, 0.2) is 36.5 Å². The highest BCUT2D eigenvalue weighted by molar-refractivity contribution is 5.85. The normalized spacial score (nSPS) is 17.8. The standard InChI is InChI=1S/C16H16FN3O3/c17-12-5-2-8-18-15(12)23-11-4-3-9-20(10-11)14-7-1-6-13(19-14)16(21)22/h1-2,5-8,11H,3-4,9-10H2,(H,21,22). The third kappa shape index (κ3) is 3.56. The molecule has 1 aliphatic rings. The lowest BCUT2D eigenvalue weighted by molar-refractivity contribution is 0.0690. The molecule has 0 amide bonds. The van der Waals surface area contributed by atoms with Gasteiger partial charge in [-0.05, 0) is 37.1 Å². The van der Waals surface area contributed by atoms with Crippen molar-refractivity contribution in [1.82, 2.24) is 9.97 Å². The Labute approximate surface area is 132 Å². The van der Waals surface area contributed by atoms with Gasteiger partial charge in [-0.3, -0.25) is 0 Å². The Morgan fingerprint density at radius 1 is 1.35 bits per heavy atom. The van der Waals surface area contributed by atoms with E-state index in [1.807, 2.05) is 4.90 Å². The number of aromatic nitrogens is 2. The zero-order chi connectivity index (χ0) is 16.2. The van der Waals surface area contributed by atoms with Crippen molar-refractivity contribution in [1.29, 1.82) is 0 Å². The van der Waals surface area contributed by atoms with Crippen LogP contribution in [0.2, 0.25) is 0 Å². The van der Waals surface area contributed by atoms with Crippen molar-refractivity contribution in [2.24, 2.45) is 0 Å². The number of piperidine rings is 1. The third-order valence-corrected chi connectivity index (χ3v) is 3.66. The van der Waals surface area contributed by atoms with Gasteiger partial charge >= 0.3 is 5.97 Å². The molecule has 1 unspecified atom stereocenters. The number of carboxylic acid groups (broad SMARTS) is 1. The molecule has 0 radical (unpaired) electrons. The van der Waals surface area contributed by atoms with Crippen molar-refractivity contribution >= 4 is 11.8 Å². The summed E-state index contributed by atoms with van der Waals surface area (Å²) in [4.78, 5) is 21.0. The van der Waals surface area contributed by atoms with Crippen LogP contribution in [-0.2, 0) is 0 Å². The lowest BCUT2D eigenvalue weighted by Gasteiger charge is -2.33. The van der Waals surface area contributed by atoms with Crippen LogP contribution in [0.3, 0.4) is 0 Å². The number of rotatable bonds is 4. The number of carbonyl (C=O) groups is 1. The molecule has 0 spiro atoms. The van der Waals surface area contributed by atoms with E-state index >= 15 is 0 Å². The van der Waals surface area contributed by atoms with Gasteiger partial charge in [-0.15, -0.1) is 0 Å². The van der Waals surface area contributed by atoms with Gasteiger partial charge in [0, 0.05) is 12.7 Å². The van der Waals surface area contributed by atoms with Crippen LogP contribution in [0.4, 0.5) is 10.2 Å². The smallest absolute Gasteiger partial charge is 0.354 e. The molecule has 1 N–H and O–H groups in total. The highest BCUT2D eigenvalue weighted by atomic mass is 19.1. The first-order chi connectivity index (χ1) is 11.1. The largest absolute Gasteiger partial charge is 0.477 e. The number of aromatic carboxylic acids is 1. The van der Waals surface area contributed by atoms with Crippen molar-refractivity contribution in [3.8, 4) is 5.88 Å². The zero-order valence-corrected chi connectivity index (χ0v) is 12.4. The van der Waals surface area contributed by atoms with E-state index in [0.29, 0.717) is 12.4 Å². The van der Waals surface area contributed by atoms with E-state index in [2.05, 4.69) is 9.97 Å². The average Bonchev–Trinajstić information content (AvgIpc) is 2.57. The predicted molar refractivity (Wildman–Crippen MR) is 81.3 cm³/mol. The van der Waals surface area contributed by atoms with Crippen LogP contribution in [0, 0.1) is 5.82 Å². The summed E-state index contributed by atoms with van der Waals surface area (Å²) in [5.41, 5.74) is 0.00122. The van der Waals surface area contributed by atoms with Crippen molar-refractivity contribution in [2.45, 2.75) is 18.9 Å². The summed E-state index contributed by atoms with van der Waals surface area (Å²) in [5, 5.41) is 9.03. The van der Waals surface area contributed by atoms with Gasteiger partial charge < -0.3 is 14.7 Å². The van der Waals surface area contributed by atoms with Gasteiger partial charge in [-0.2, -0.15) is 0 Å². The Bertz CT molecular complexity index is 710. The molecule has 7 heteroatoms. The molecule has 3 heterocycles. The van der Waals surface area contributed by atoms with Crippen molar-refractivity contribution in [2.75, 3.05) is 18.0 Å². The molecule has 23 heavy (non-hydrogen) atoms. The van der Waals surface area contributed by atoms with Crippen LogP contribution in [-0.4, -0.2) is 40.2 Å². The van der Waals surface area contributed by atoms with Gasteiger partial charge in [0.15, 0.2) is 11.5 Å². The van der Waals surface area contributed by atoms with Crippen LogP contribution in [0.5, 0.6) is 5.88 Å². The van der Waals surface area contributed by atoms with E-state index in [9.17, 15) is 9.18 Å². The van der Waals surface area contributed by atoms with E-state index in [1.54, 1.807) is 12.1 Å². The Morgan fingerprint density at radius 3 is 3.00 bits per heavy atom. The molecule has 6 nitrogen and oxygen atoms in total. The Morgan fingerprint density at radius 2 is 2.22 bits per heavy atom. The summed E-state index contributed by atoms with van der Waals surface area (Å²) < 4.78 is 19.3. The average molecular weight is 317 g/mol. The SMILES string of the molecule is O=C(O)c1cccc(N2CCCC(Oc3ncccc3F)C2)n1. The van der Waals surface area contributed by atoms with Crippen molar-refractivity contribution < 1.29 is 19.0 Å². The Kier molecular flexibility index (Phi) is 4.36. The molecule has 0 aromatic carbocycles. The van der Waals surface area contributed by atoms with E-state index in [-0.39, 0.29) is 17.7 Å². The number of hydrogen-bond donors (Lipinski definition) is 1. The van der Waals surface area contributed by atoms with Gasteiger partial charge in [0.2, 0.25) is 0 Å². The maximum atomic E-state index is 13.6. The maximum Gasteiger partial charge on any atom is 0.354 e. The molecule has 1 saturated heterocycles. The summed E-state index contributed by atoms with van der Waals surface area (Å²) in [6, 6.07) is 7.69. The van der Waals surface area contributed by atoms with E-state index in [4.69, 9.17) is 9.84 Å². The zero-order valence-electron chi connectivity index (χ0n) is 12.4. The van der Waals surface area contributed by atoms with Crippen molar-refractivity contribution in [3.05, 3.63) is 48.0 Å². The molecule has 1 fully saturated rings. The minimum atomic E-state index is -1.06. The first kappa shape index (κ1) is 15.2. The second kappa shape index (κ2) is 6.60. The van der Waals surface area contributed by atoms with Gasteiger partial charge in [0.25, 0.3) is 5.88 Å². The van der Waals surface area contributed by atoms with Crippen LogP contribution < -0.4 is 9.64 Å². The van der Waals surface area contributed by atoms with Crippen LogP contribution in [0.25, 0.3) is 0 Å². The minimum Gasteiger partial charge on any atom is -0.477 e. The minimum absolute atomic E-state index is 0.00122. The van der Waals surface area contributed by atoms with E-state index in [1.165, 1.54) is 24.4 Å². The topological polar surface area (TPSA) is 75.5 Å². The van der Waals surface area contributed by atoms with Gasteiger partial charge in [-0.1, -0.05) is 6.07 Å². The van der Waals surface area contributed by atoms with E-state index in [0.717, 1.165) is 19.4 Å². The van der Waals surface area contributed by atoms with Gasteiger partial charge in [-0.25, -0.2) is 19.2 Å². The highest BCUT2D eigenvalue weighted by Crippen LogP contribution is 2.22. The molecular weight excluding hydrogens is 301 g/mol. The summed E-state index contributed by atoms with van der Waals surface area (Å²) in [6.45, 7) is 1.26. The highest BCUT2D eigenvalue weighted by Gasteiger charge is 2.24. The molecule has 2 aromatic heterocycles. The number of anilines is 1. The number of hydrogen-bond acceptors (Lipinski definition) is 5. The number of carboxylic acids is 1. The van der Waals surface area contributed by atoms with Gasteiger partial charge in [0.1, 0.15) is 11.9 Å². The first-order valence-corrected chi connectivity index (χ1v) is 7.36. The second-order valence-electron chi connectivity index (χ2n) is 5.30. The summed E-state index contributed by atoms with van der Waals surface area (Å²) >= 11 is 0. The van der Waals surface area contributed by atoms with Crippen LogP contribution >= 0.6 is 0 Å². The molecule has 0 saturated carbocycles. The summed E-state index contributed by atoms with van der Waals surface area (Å²) in [6.07, 6.45) is 2.89. The monoisotopic (exact) mass is 317 g/mol. The van der Waals surface area contributed by atoms with Crippen LogP contribution in [0.1, 0.15) is 23.3 Å². The Hall–Kier alpha value is -2.70. The molecule has 0 bridgehead atoms.